The first kappa shape index (κ1) is 46.4. The second-order valence-corrected chi connectivity index (χ2v) is 20.0. The van der Waals surface area contributed by atoms with Crippen LogP contribution >= 0.6 is 0 Å². The van der Waals surface area contributed by atoms with Crippen LogP contribution in [-0.4, -0.2) is 34.1 Å². The summed E-state index contributed by atoms with van der Waals surface area (Å²) in [5.74, 6) is 2.29. The maximum Gasteiger partial charge on any atom is 0.164 e. The molecular weight excluding hydrogens is 975 g/mol. The zero-order valence-corrected chi connectivity index (χ0v) is 43.3. The Labute approximate surface area is 462 Å². The molecule has 0 amide bonds. The molecule has 0 radical (unpaired) electrons. The van der Waals surface area contributed by atoms with Crippen LogP contribution in [0.5, 0.6) is 0 Å². The molecule has 7 heteroatoms. The van der Waals surface area contributed by atoms with Crippen molar-refractivity contribution in [2.24, 2.45) is 0 Å². The number of fused-ring (bicyclic) bond motifs is 6. The highest BCUT2D eigenvalue weighted by Crippen LogP contribution is 2.48. The Morgan fingerprint density at radius 2 is 0.537 bits per heavy atom. The average Bonchev–Trinajstić information content (AvgIpc) is 4.25. The number of hydrogen-bond donors (Lipinski definition) is 0. The summed E-state index contributed by atoms with van der Waals surface area (Å²) in [6.45, 7) is 0. The quantitative estimate of drug-likeness (QED) is 0.136. The van der Waals surface area contributed by atoms with Gasteiger partial charge in [0.15, 0.2) is 23.3 Å². The van der Waals surface area contributed by atoms with Crippen LogP contribution in [-0.2, 0) is 0 Å². The van der Waals surface area contributed by atoms with Crippen LogP contribution in [0.25, 0.3) is 145 Å². The largest absolute Gasteiger partial charge is 0.309 e. The number of nitrogens with zero attached hydrogens (tertiary/aromatic N) is 7. The number of rotatable bonds is 10. The van der Waals surface area contributed by atoms with Gasteiger partial charge in [0.2, 0.25) is 0 Å². The minimum absolute atomic E-state index is 0.540. The maximum absolute atomic E-state index is 5.55. The third-order valence-electron chi connectivity index (χ3n) is 15.2. The molecule has 0 aliphatic rings. The van der Waals surface area contributed by atoms with Gasteiger partial charge >= 0.3 is 0 Å². The monoisotopic (exact) mass is 1020 g/mol. The smallest absolute Gasteiger partial charge is 0.164 e. The summed E-state index contributed by atoms with van der Waals surface area (Å²) in [6.07, 6.45) is 0. The molecule has 4 heterocycles. The second kappa shape index (κ2) is 19.6. The van der Waals surface area contributed by atoms with Gasteiger partial charge in [-0.3, -0.25) is 0 Å². The molecule has 0 saturated carbocycles. The molecule has 11 aromatic carbocycles. The molecular formula is C73H47N7. The average molecular weight is 1020 g/mol. The van der Waals surface area contributed by atoms with Crippen LogP contribution in [0.3, 0.4) is 0 Å². The van der Waals surface area contributed by atoms with Crippen LogP contribution < -0.4 is 0 Å². The highest BCUT2D eigenvalue weighted by molar-refractivity contribution is 6.14. The molecule has 0 spiro atoms. The fourth-order valence-electron chi connectivity index (χ4n) is 11.6. The maximum atomic E-state index is 5.55. The molecule has 374 valence electrons. The van der Waals surface area contributed by atoms with E-state index in [-0.39, 0.29) is 0 Å². The van der Waals surface area contributed by atoms with E-state index in [1.165, 1.54) is 0 Å². The van der Waals surface area contributed by atoms with E-state index in [4.69, 9.17) is 24.9 Å². The first-order valence-electron chi connectivity index (χ1n) is 26.9. The molecule has 0 saturated heterocycles. The summed E-state index contributed by atoms with van der Waals surface area (Å²) in [5, 5.41) is 4.53. The first-order chi connectivity index (χ1) is 39.7. The molecule has 0 aliphatic heterocycles. The fraction of sp³-hybridized carbons (Fsp3) is 0. The Hall–Kier alpha value is -10.9. The summed E-state index contributed by atoms with van der Waals surface area (Å²) in [7, 11) is 0. The molecule has 15 rings (SSSR count). The Balaban J connectivity index is 1.10. The van der Waals surface area contributed by atoms with Crippen LogP contribution in [0.2, 0.25) is 0 Å². The van der Waals surface area contributed by atoms with E-state index in [0.717, 1.165) is 122 Å². The van der Waals surface area contributed by atoms with E-state index in [9.17, 15) is 0 Å². The standard InChI is InChI=1S/C73H47N7/c1-7-23-48(24-8-1)62-47-63(49-25-9-2-10-26-49)75-72(74-62)58-41-42-59(73-77-70(50-27-11-3-12-28-50)76-71(78-73)51-29-13-4-14-30-51)69(53-40-44-67-61(46-53)57-36-20-22-38-65(57)80(67)55-33-17-6-18-34-55)68(58)52-39-43-66-60(45-52)56-35-19-21-37-64(56)79(66)54-31-15-5-16-32-54/h1-47H. The minimum Gasteiger partial charge on any atom is -0.309 e. The molecule has 80 heavy (non-hydrogen) atoms. The molecule has 0 N–H and O–H groups in total. The van der Waals surface area contributed by atoms with Gasteiger partial charge in [0.1, 0.15) is 0 Å². The van der Waals surface area contributed by atoms with E-state index in [1.54, 1.807) is 0 Å². The summed E-state index contributed by atoms with van der Waals surface area (Å²) in [6, 6.07) is 100. The van der Waals surface area contributed by atoms with Gasteiger partial charge in [0.25, 0.3) is 0 Å². The highest BCUT2D eigenvalue weighted by atomic mass is 15.0. The van der Waals surface area contributed by atoms with E-state index < -0.39 is 0 Å². The van der Waals surface area contributed by atoms with Gasteiger partial charge in [-0.15, -0.1) is 0 Å². The predicted octanol–water partition coefficient (Wildman–Crippen LogP) is 18.2. The van der Waals surface area contributed by atoms with Crippen molar-refractivity contribution < 1.29 is 0 Å². The van der Waals surface area contributed by atoms with Gasteiger partial charge in [-0.25, -0.2) is 24.9 Å². The highest BCUT2D eigenvalue weighted by Gasteiger charge is 2.27. The number of hydrogen-bond acceptors (Lipinski definition) is 5. The van der Waals surface area contributed by atoms with Crippen LogP contribution in [0.1, 0.15) is 0 Å². The van der Waals surface area contributed by atoms with Crippen molar-refractivity contribution in [3.05, 3.63) is 285 Å². The normalized spacial score (nSPS) is 11.5. The Morgan fingerprint density at radius 1 is 0.212 bits per heavy atom. The van der Waals surface area contributed by atoms with Crippen molar-refractivity contribution in [3.63, 3.8) is 0 Å². The van der Waals surface area contributed by atoms with Gasteiger partial charge in [-0.05, 0) is 90.0 Å². The van der Waals surface area contributed by atoms with Crippen LogP contribution in [0, 0.1) is 0 Å². The molecule has 0 aliphatic carbocycles. The van der Waals surface area contributed by atoms with Crippen molar-refractivity contribution in [1.29, 1.82) is 0 Å². The first-order valence-corrected chi connectivity index (χ1v) is 26.9. The Morgan fingerprint density at radius 3 is 0.950 bits per heavy atom. The minimum atomic E-state index is 0.540. The second-order valence-electron chi connectivity index (χ2n) is 20.0. The Bertz CT molecular complexity index is 4370. The number of para-hydroxylation sites is 4. The zero-order chi connectivity index (χ0) is 52.9. The lowest BCUT2D eigenvalue weighted by Gasteiger charge is -2.21. The lowest BCUT2D eigenvalue weighted by Crippen LogP contribution is -2.03. The van der Waals surface area contributed by atoms with Gasteiger partial charge in [-0.1, -0.05) is 206 Å². The SMILES string of the molecule is c1ccc(-c2cc(-c3ccccc3)nc(-c3ccc(-c4nc(-c5ccccc5)nc(-c5ccccc5)n4)c(-c4ccc5c(c4)c4ccccc4n5-c4ccccc4)c3-c3ccc4c(c3)c3ccccc3n4-c3ccccc3)n2)cc1. The molecule has 7 nitrogen and oxygen atoms in total. The molecule has 4 aromatic heterocycles. The van der Waals surface area contributed by atoms with Gasteiger partial charge in [0.05, 0.1) is 33.5 Å². The lowest BCUT2D eigenvalue weighted by molar-refractivity contribution is 1.07. The third-order valence-corrected chi connectivity index (χ3v) is 15.2. The fourth-order valence-corrected chi connectivity index (χ4v) is 11.6. The lowest BCUT2D eigenvalue weighted by atomic mass is 9.85. The summed E-state index contributed by atoms with van der Waals surface area (Å²) >= 11 is 0. The number of aromatic nitrogens is 7. The summed E-state index contributed by atoms with van der Waals surface area (Å²) < 4.78 is 4.73. The van der Waals surface area contributed by atoms with Gasteiger partial charge in [-0.2, -0.15) is 0 Å². The van der Waals surface area contributed by atoms with Crippen molar-refractivity contribution in [2.45, 2.75) is 0 Å². The Kier molecular flexibility index (Phi) is 11.4. The third kappa shape index (κ3) is 8.12. The van der Waals surface area contributed by atoms with Crippen molar-refractivity contribution in [1.82, 2.24) is 34.1 Å². The topological polar surface area (TPSA) is 74.3 Å². The van der Waals surface area contributed by atoms with Crippen LogP contribution in [0.15, 0.2) is 285 Å². The molecule has 15 aromatic rings. The van der Waals surface area contributed by atoms with Gasteiger partial charge < -0.3 is 9.13 Å². The summed E-state index contributed by atoms with van der Waals surface area (Å²) in [5.41, 5.74) is 17.6. The van der Waals surface area contributed by atoms with Crippen LogP contribution in [0.4, 0.5) is 0 Å². The molecule has 0 fully saturated rings. The number of benzene rings is 11. The molecule has 0 atom stereocenters. The van der Waals surface area contributed by atoms with Crippen molar-refractivity contribution in [3.8, 4) is 102 Å². The van der Waals surface area contributed by atoms with Gasteiger partial charge in [0, 0.05) is 77.4 Å². The molecule has 0 bridgehead atoms. The summed E-state index contributed by atoms with van der Waals surface area (Å²) in [4.78, 5) is 27.2. The molecule has 0 unspecified atom stereocenters. The van der Waals surface area contributed by atoms with E-state index in [2.05, 4.69) is 246 Å². The van der Waals surface area contributed by atoms with E-state index in [0.29, 0.717) is 23.3 Å². The van der Waals surface area contributed by atoms with E-state index in [1.807, 2.05) is 48.5 Å². The van der Waals surface area contributed by atoms with Crippen molar-refractivity contribution >= 4 is 43.6 Å². The van der Waals surface area contributed by atoms with E-state index >= 15 is 0 Å². The van der Waals surface area contributed by atoms with Crippen molar-refractivity contribution in [2.75, 3.05) is 0 Å². The zero-order valence-electron chi connectivity index (χ0n) is 43.3. The predicted molar refractivity (Wildman–Crippen MR) is 328 cm³/mol.